The number of ether oxygens (including phenoxy) is 3. The van der Waals surface area contributed by atoms with Crippen LogP contribution in [0.2, 0.25) is 0 Å². The van der Waals surface area contributed by atoms with Gasteiger partial charge in [-0.15, -0.1) is 0 Å². The molecule has 0 amide bonds. The van der Waals surface area contributed by atoms with Crippen molar-refractivity contribution in [3.8, 4) is 28.6 Å². The summed E-state index contributed by atoms with van der Waals surface area (Å²) >= 11 is 0. The summed E-state index contributed by atoms with van der Waals surface area (Å²) < 4.78 is 19.4. The van der Waals surface area contributed by atoms with Gasteiger partial charge in [-0.1, -0.05) is 0 Å². The number of fused-ring (bicyclic) bond motifs is 1. The van der Waals surface area contributed by atoms with Gasteiger partial charge in [0.05, 0.1) is 31.8 Å². The molecule has 1 aliphatic heterocycles. The van der Waals surface area contributed by atoms with Gasteiger partial charge in [-0.2, -0.15) is 0 Å². The first-order valence-electron chi connectivity index (χ1n) is 10.5. The summed E-state index contributed by atoms with van der Waals surface area (Å²) in [5, 5.41) is 3.42. The third-order valence-electron chi connectivity index (χ3n) is 5.82. The van der Waals surface area contributed by atoms with Crippen LogP contribution in [0.3, 0.4) is 0 Å². The smallest absolute Gasteiger partial charge is 0.241 e. The van der Waals surface area contributed by atoms with Gasteiger partial charge in [0.25, 0.3) is 0 Å². The Morgan fingerprint density at radius 3 is 2.57 bits per heavy atom. The van der Waals surface area contributed by atoms with Crippen molar-refractivity contribution in [1.29, 1.82) is 0 Å². The van der Waals surface area contributed by atoms with Gasteiger partial charge in [0.2, 0.25) is 5.88 Å². The van der Waals surface area contributed by atoms with E-state index in [-0.39, 0.29) is 12.1 Å². The van der Waals surface area contributed by atoms with E-state index < -0.39 is 0 Å². The Balaban J connectivity index is 1.80. The Hall–Kier alpha value is -2.80. The van der Waals surface area contributed by atoms with Crippen molar-refractivity contribution in [2.24, 2.45) is 5.92 Å². The van der Waals surface area contributed by atoms with E-state index in [0.717, 1.165) is 41.8 Å². The molecule has 1 fully saturated rings. The van der Waals surface area contributed by atoms with Crippen LogP contribution in [0.5, 0.6) is 17.4 Å². The molecule has 3 aromatic rings. The lowest BCUT2D eigenvalue weighted by Crippen LogP contribution is -2.26. The molecule has 1 N–H and O–H groups in total. The molecule has 2 atom stereocenters. The monoisotopic (exact) mass is 410 g/mol. The number of pyridine rings is 1. The fraction of sp³-hybridized carbons (Fsp3) is 0.478. The second-order valence-electron chi connectivity index (χ2n) is 8.07. The van der Waals surface area contributed by atoms with E-state index in [0.29, 0.717) is 23.3 Å². The minimum atomic E-state index is 0.0619. The molecule has 0 radical (unpaired) electrons. The number of benzene rings is 1. The Morgan fingerprint density at radius 2 is 1.90 bits per heavy atom. The topological polar surface area (TPSA) is 70.4 Å². The third kappa shape index (κ3) is 3.81. The number of nitrogens with zero attached hydrogens (tertiary/aromatic N) is 3. The molecule has 30 heavy (non-hydrogen) atoms. The molecule has 2 aromatic heterocycles. The third-order valence-corrected chi connectivity index (χ3v) is 5.82. The first-order valence-corrected chi connectivity index (χ1v) is 10.5. The Bertz CT molecular complexity index is 1020. The van der Waals surface area contributed by atoms with E-state index in [2.05, 4.69) is 35.6 Å². The van der Waals surface area contributed by atoms with Crippen molar-refractivity contribution in [3.05, 3.63) is 30.6 Å². The molecule has 7 nitrogen and oxygen atoms in total. The minimum absolute atomic E-state index is 0.0619. The van der Waals surface area contributed by atoms with Crippen LogP contribution in [0.25, 0.3) is 22.3 Å². The Labute approximate surface area is 177 Å². The average molecular weight is 411 g/mol. The van der Waals surface area contributed by atoms with Crippen molar-refractivity contribution in [2.45, 2.75) is 39.3 Å². The SMILES string of the molecule is COc1ccc(-c2cc3ncn(C(C)C)c3c(O[C@H](C)[C@@H]3CCNC3)n2)cc1OC. The largest absolute Gasteiger partial charge is 0.493 e. The van der Waals surface area contributed by atoms with Crippen LogP contribution in [-0.4, -0.2) is 47.9 Å². The fourth-order valence-corrected chi connectivity index (χ4v) is 3.99. The second-order valence-corrected chi connectivity index (χ2v) is 8.07. The summed E-state index contributed by atoms with van der Waals surface area (Å²) in [7, 11) is 3.26. The van der Waals surface area contributed by atoms with E-state index in [9.17, 15) is 0 Å². The maximum atomic E-state index is 6.46. The van der Waals surface area contributed by atoms with Crippen molar-refractivity contribution < 1.29 is 14.2 Å². The van der Waals surface area contributed by atoms with Gasteiger partial charge in [-0.05, 0) is 58.0 Å². The summed E-state index contributed by atoms with van der Waals surface area (Å²) in [5.41, 5.74) is 3.53. The molecular formula is C23H30N4O3. The summed E-state index contributed by atoms with van der Waals surface area (Å²) in [6, 6.07) is 8.06. The maximum absolute atomic E-state index is 6.46. The molecule has 0 saturated carbocycles. The quantitative estimate of drug-likeness (QED) is 0.633. The molecule has 0 unspecified atom stereocenters. The fourth-order valence-electron chi connectivity index (χ4n) is 3.99. The number of methoxy groups -OCH3 is 2. The van der Waals surface area contributed by atoms with Gasteiger partial charge in [-0.3, -0.25) is 0 Å². The summed E-state index contributed by atoms with van der Waals surface area (Å²) in [4.78, 5) is 9.57. The number of nitrogens with one attached hydrogen (secondary N) is 1. The predicted octanol–water partition coefficient (Wildman–Crippen LogP) is 4.07. The predicted molar refractivity (Wildman–Crippen MR) is 118 cm³/mol. The van der Waals surface area contributed by atoms with Crippen LogP contribution < -0.4 is 19.5 Å². The highest BCUT2D eigenvalue weighted by molar-refractivity contribution is 5.85. The molecule has 1 aromatic carbocycles. The normalized spacial score (nSPS) is 17.5. The average Bonchev–Trinajstić information content (AvgIpc) is 3.43. The van der Waals surface area contributed by atoms with E-state index in [1.807, 2.05) is 30.6 Å². The second kappa shape index (κ2) is 8.52. The lowest BCUT2D eigenvalue weighted by atomic mass is 10.0. The van der Waals surface area contributed by atoms with Crippen LogP contribution in [0.4, 0.5) is 0 Å². The van der Waals surface area contributed by atoms with Crippen molar-refractivity contribution in [3.63, 3.8) is 0 Å². The molecule has 1 aliphatic rings. The number of hydrogen-bond acceptors (Lipinski definition) is 6. The van der Waals surface area contributed by atoms with E-state index >= 15 is 0 Å². The summed E-state index contributed by atoms with van der Waals surface area (Å²) in [6.45, 7) is 8.42. The summed E-state index contributed by atoms with van der Waals surface area (Å²) in [6.07, 6.45) is 3.04. The first-order chi connectivity index (χ1) is 14.5. The van der Waals surface area contributed by atoms with Gasteiger partial charge in [0, 0.05) is 24.1 Å². The number of aromatic nitrogens is 3. The molecule has 1 saturated heterocycles. The number of hydrogen-bond donors (Lipinski definition) is 1. The first kappa shape index (κ1) is 20.5. The molecule has 160 valence electrons. The van der Waals surface area contributed by atoms with Crippen molar-refractivity contribution >= 4 is 11.0 Å². The highest BCUT2D eigenvalue weighted by atomic mass is 16.5. The maximum Gasteiger partial charge on any atom is 0.241 e. The number of rotatable bonds is 7. The van der Waals surface area contributed by atoms with E-state index in [1.54, 1.807) is 14.2 Å². The van der Waals surface area contributed by atoms with Crippen LogP contribution in [0.1, 0.15) is 33.2 Å². The lowest BCUT2D eigenvalue weighted by molar-refractivity contribution is 0.156. The van der Waals surface area contributed by atoms with Gasteiger partial charge in [-0.25, -0.2) is 9.97 Å². The van der Waals surface area contributed by atoms with Crippen LogP contribution in [0.15, 0.2) is 30.6 Å². The molecule has 0 bridgehead atoms. The molecule has 7 heteroatoms. The molecule has 3 heterocycles. The lowest BCUT2D eigenvalue weighted by Gasteiger charge is -2.21. The zero-order valence-electron chi connectivity index (χ0n) is 18.3. The Kier molecular flexibility index (Phi) is 5.81. The van der Waals surface area contributed by atoms with Crippen LogP contribution in [-0.2, 0) is 0 Å². The molecular weight excluding hydrogens is 380 g/mol. The van der Waals surface area contributed by atoms with Gasteiger partial charge in [0.15, 0.2) is 11.5 Å². The highest BCUT2D eigenvalue weighted by Crippen LogP contribution is 2.35. The van der Waals surface area contributed by atoms with E-state index in [4.69, 9.17) is 19.2 Å². The van der Waals surface area contributed by atoms with Crippen LogP contribution >= 0.6 is 0 Å². The van der Waals surface area contributed by atoms with Gasteiger partial charge < -0.3 is 24.1 Å². The highest BCUT2D eigenvalue weighted by Gasteiger charge is 2.25. The molecule has 0 aliphatic carbocycles. The standard InChI is InChI=1S/C23H30N4O3/c1-14(2)27-13-25-19-11-18(16-6-7-20(28-4)21(10-16)29-5)26-23(22(19)27)30-15(3)17-8-9-24-12-17/h6-7,10-11,13-15,17,24H,8-9,12H2,1-5H3/t15-,17-/m1/s1. The van der Waals surface area contributed by atoms with Crippen molar-refractivity contribution in [2.75, 3.05) is 27.3 Å². The number of imidazole rings is 1. The summed E-state index contributed by atoms with van der Waals surface area (Å²) in [5.74, 6) is 2.45. The Morgan fingerprint density at radius 1 is 1.10 bits per heavy atom. The van der Waals surface area contributed by atoms with Gasteiger partial charge >= 0.3 is 0 Å². The molecule has 4 rings (SSSR count). The van der Waals surface area contributed by atoms with E-state index in [1.165, 1.54) is 0 Å². The zero-order chi connectivity index (χ0) is 21.3. The molecule has 0 spiro atoms. The van der Waals surface area contributed by atoms with Crippen molar-refractivity contribution in [1.82, 2.24) is 19.9 Å². The minimum Gasteiger partial charge on any atom is -0.493 e. The van der Waals surface area contributed by atoms with Gasteiger partial charge in [0.1, 0.15) is 11.6 Å². The van der Waals surface area contributed by atoms with Crippen LogP contribution in [0, 0.1) is 5.92 Å². The zero-order valence-corrected chi connectivity index (χ0v) is 18.3.